The van der Waals surface area contributed by atoms with Crippen LogP contribution in [0.3, 0.4) is 0 Å². The van der Waals surface area contributed by atoms with Crippen LogP contribution in [0.2, 0.25) is 0 Å². The highest BCUT2D eigenvalue weighted by atomic mass is 31.0. The summed E-state index contributed by atoms with van der Waals surface area (Å²) in [7, 11) is 2.42. The molecule has 0 heterocycles. The molecule has 0 saturated heterocycles. The molecule has 6 aromatic rings. The predicted molar refractivity (Wildman–Crippen MR) is 209 cm³/mol. The number of rotatable bonds is 7. The molecule has 0 aliphatic rings. The smallest absolute Gasteiger partial charge is 0.00928 e. The molecular formula is C44H41P. The third kappa shape index (κ3) is 6.73. The van der Waals surface area contributed by atoms with E-state index in [9.17, 15) is 0 Å². The fourth-order valence-electron chi connectivity index (χ4n) is 5.88. The van der Waals surface area contributed by atoms with Crippen molar-refractivity contribution in [1.82, 2.24) is 0 Å². The third-order valence-corrected chi connectivity index (χ3v) is 7.94. The minimum Gasteiger partial charge on any atom is -0.141 e. The molecule has 1 heteroatoms. The molecule has 0 saturated carbocycles. The van der Waals surface area contributed by atoms with Crippen LogP contribution in [-0.2, 0) is 0 Å². The molecule has 0 amide bonds. The van der Waals surface area contributed by atoms with Gasteiger partial charge in [0.15, 0.2) is 0 Å². The first-order valence-corrected chi connectivity index (χ1v) is 16.2. The molecule has 45 heavy (non-hydrogen) atoms. The monoisotopic (exact) mass is 600 g/mol. The Bertz CT molecular complexity index is 2050. The molecule has 0 aliphatic carbocycles. The summed E-state index contributed by atoms with van der Waals surface area (Å²) in [6.07, 6.45) is 9.70. The van der Waals surface area contributed by atoms with E-state index in [2.05, 4.69) is 164 Å². The van der Waals surface area contributed by atoms with Crippen LogP contribution >= 0.6 is 9.24 Å². The molecule has 0 spiro atoms. The highest BCUT2D eigenvalue weighted by molar-refractivity contribution is 7.15. The summed E-state index contributed by atoms with van der Waals surface area (Å²) < 4.78 is 0. The Balaban J connectivity index is 0.00000111. The van der Waals surface area contributed by atoms with E-state index in [1.807, 2.05) is 24.9 Å². The van der Waals surface area contributed by atoms with Gasteiger partial charge in [0.2, 0.25) is 0 Å². The summed E-state index contributed by atoms with van der Waals surface area (Å²) in [6, 6.07) is 39.9. The van der Waals surface area contributed by atoms with Crippen LogP contribution in [0.4, 0.5) is 0 Å². The third-order valence-electron chi connectivity index (χ3n) is 7.94. The highest BCUT2D eigenvalue weighted by Crippen LogP contribution is 2.39. The predicted octanol–water partition coefficient (Wildman–Crippen LogP) is 13.1. The Labute approximate surface area is 271 Å². The molecule has 0 bridgehead atoms. The van der Waals surface area contributed by atoms with Crippen molar-refractivity contribution < 1.29 is 0 Å². The van der Waals surface area contributed by atoms with Gasteiger partial charge >= 0.3 is 0 Å². The van der Waals surface area contributed by atoms with Crippen molar-refractivity contribution >= 4 is 52.7 Å². The first kappa shape index (κ1) is 32.9. The molecule has 0 radical (unpaired) electrons. The Hall–Kier alpha value is -5.03. The average molecular weight is 601 g/mol. The number of allylic oxidation sites excluding steroid dienone is 7. The first-order valence-electron chi connectivity index (χ1n) is 15.1. The Morgan fingerprint density at radius 3 is 1.33 bits per heavy atom. The van der Waals surface area contributed by atoms with Crippen molar-refractivity contribution in [2.75, 3.05) is 6.66 Å². The zero-order valence-corrected chi connectivity index (χ0v) is 27.5. The lowest BCUT2D eigenvalue weighted by molar-refractivity contribution is 1.58. The van der Waals surface area contributed by atoms with Gasteiger partial charge in [0, 0.05) is 0 Å². The van der Waals surface area contributed by atoms with Crippen LogP contribution in [0, 0.1) is 0 Å². The van der Waals surface area contributed by atoms with E-state index in [1.54, 1.807) is 6.08 Å². The lowest BCUT2D eigenvalue weighted by atomic mass is 9.89. The van der Waals surface area contributed by atoms with Gasteiger partial charge in [0.25, 0.3) is 0 Å². The van der Waals surface area contributed by atoms with Crippen molar-refractivity contribution in [3.8, 4) is 22.3 Å². The van der Waals surface area contributed by atoms with Gasteiger partial charge in [-0.05, 0) is 108 Å². The second-order valence-corrected chi connectivity index (χ2v) is 10.2. The molecule has 6 aromatic carbocycles. The van der Waals surface area contributed by atoms with Crippen molar-refractivity contribution in [2.45, 2.75) is 6.92 Å². The number of fused-ring (bicyclic) bond motifs is 6. The molecule has 0 N–H and O–H groups in total. The van der Waals surface area contributed by atoms with Gasteiger partial charge in [-0.1, -0.05) is 142 Å². The number of hydrogen-bond donors (Lipinski definition) is 0. The van der Waals surface area contributed by atoms with Crippen molar-refractivity contribution in [3.05, 3.63) is 184 Å². The van der Waals surface area contributed by atoms with Crippen LogP contribution in [0.5, 0.6) is 0 Å². The summed E-state index contributed by atoms with van der Waals surface area (Å²) in [6.45, 7) is 21.8. The molecule has 0 nitrogen and oxygen atoms in total. The maximum atomic E-state index is 3.99. The van der Waals surface area contributed by atoms with E-state index < -0.39 is 0 Å². The van der Waals surface area contributed by atoms with Crippen LogP contribution in [0.15, 0.2) is 172 Å². The number of benzene rings is 6. The van der Waals surface area contributed by atoms with E-state index >= 15 is 0 Å². The van der Waals surface area contributed by atoms with Gasteiger partial charge < -0.3 is 0 Å². The minimum atomic E-state index is 1.06. The summed E-state index contributed by atoms with van der Waals surface area (Å²) in [5.74, 6) is 0. The summed E-state index contributed by atoms with van der Waals surface area (Å²) in [4.78, 5) is 0. The van der Waals surface area contributed by atoms with E-state index in [0.717, 1.165) is 16.7 Å². The zero-order chi connectivity index (χ0) is 32.3. The second-order valence-electron chi connectivity index (χ2n) is 10.2. The normalized spacial score (nSPS) is 11.3. The molecule has 1 atom stereocenters. The summed E-state index contributed by atoms with van der Waals surface area (Å²) in [5.41, 5.74) is 9.31. The minimum absolute atomic E-state index is 1.06. The van der Waals surface area contributed by atoms with Gasteiger partial charge in [-0.15, -0.1) is 22.4 Å². The van der Waals surface area contributed by atoms with Crippen LogP contribution in [0.1, 0.15) is 18.1 Å². The van der Waals surface area contributed by atoms with Crippen molar-refractivity contribution in [1.29, 1.82) is 0 Å². The molecule has 0 fully saturated rings. The molecule has 6 rings (SSSR count). The largest absolute Gasteiger partial charge is 0.141 e. The second kappa shape index (κ2) is 15.6. The topological polar surface area (TPSA) is 0 Å². The number of hydrogen-bond acceptors (Lipinski definition) is 0. The lowest BCUT2D eigenvalue weighted by Gasteiger charge is -2.14. The van der Waals surface area contributed by atoms with Gasteiger partial charge in [-0.25, -0.2) is 0 Å². The van der Waals surface area contributed by atoms with E-state index in [0.29, 0.717) is 0 Å². The zero-order valence-electron chi connectivity index (χ0n) is 26.4. The lowest BCUT2D eigenvalue weighted by Crippen LogP contribution is -1.88. The quantitative estimate of drug-likeness (QED) is 0.0740. The Morgan fingerprint density at radius 2 is 0.911 bits per heavy atom. The van der Waals surface area contributed by atoms with Crippen LogP contribution < -0.4 is 0 Å². The van der Waals surface area contributed by atoms with Gasteiger partial charge in [-0.3, -0.25) is 0 Å². The van der Waals surface area contributed by atoms with Crippen LogP contribution in [-0.4, -0.2) is 6.66 Å². The Kier molecular flexibility index (Phi) is 11.4. The van der Waals surface area contributed by atoms with Gasteiger partial charge in [0.05, 0.1) is 0 Å². The molecule has 0 aromatic heterocycles. The molecule has 1 unspecified atom stereocenters. The van der Waals surface area contributed by atoms with Crippen LogP contribution in [0.25, 0.3) is 65.7 Å². The highest BCUT2D eigenvalue weighted by Gasteiger charge is 2.12. The molecule has 0 aliphatic heterocycles. The maximum Gasteiger partial charge on any atom is -0.00928 e. The summed E-state index contributed by atoms with van der Waals surface area (Å²) in [5, 5.41) is 7.59. The van der Waals surface area contributed by atoms with E-state index in [4.69, 9.17) is 0 Å². The first-order chi connectivity index (χ1) is 22.1. The van der Waals surface area contributed by atoms with Crippen molar-refractivity contribution in [3.63, 3.8) is 0 Å². The Morgan fingerprint density at radius 1 is 0.489 bits per heavy atom. The van der Waals surface area contributed by atoms with E-state index in [-0.39, 0.29) is 0 Å². The molecular weight excluding hydrogens is 559 g/mol. The maximum absolute atomic E-state index is 3.99. The van der Waals surface area contributed by atoms with E-state index in [1.165, 1.54) is 60.1 Å². The summed E-state index contributed by atoms with van der Waals surface area (Å²) >= 11 is 0. The average Bonchev–Trinajstić information content (AvgIpc) is 3.12. The SMILES string of the molecule is C=C.C=C/C=C(\C=C)c1cccc(-c2ccc3c4ccc(-c5cccc(/C(C=C)=C/C)c5)cc4c4ccccc4c3c2)c1.CP. The fourth-order valence-corrected chi connectivity index (χ4v) is 5.88. The molecule has 222 valence electrons. The van der Waals surface area contributed by atoms with Gasteiger partial charge in [-0.2, -0.15) is 0 Å². The fraction of sp³-hybridized carbons (Fsp3) is 0.0455. The van der Waals surface area contributed by atoms with Gasteiger partial charge in [0.1, 0.15) is 0 Å². The van der Waals surface area contributed by atoms with Crippen molar-refractivity contribution in [2.24, 2.45) is 0 Å². The standard InChI is InChI=1S/C41H32.C2H4.CH5P/c1-5-13-29(8-4)31-15-12-17-33(25-31)35-21-23-39-38-22-20-34(32-16-11-14-30(24-32)28(6-2)7-3)26-40(38)36-18-9-10-19-37(36)41(39)27-35;2*1-2/h5-27H,1-2,4H2,3H3;1-2H2;2H2,1H3/b28-7+,29-13+;;.